The molecule has 0 spiro atoms. The summed E-state index contributed by atoms with van der Waals surface area (Å²) in [5, 5.41) is 5.36. The molecule has 0 bridgehead atoms. The molecule has 130 valence electrons. The van der Waals surface area contributed by atoms with Crippen molar-refractivity contribution in [1.29, 1.82) is 0 Å². The summed E-state index contributed by atoms with van der Waals surface area (Å²) in [6, 6.07) is 10.0. The molecule has 0 saturated carbocycles. The van der Waals surface area contributed by atoms with Crippen molar-refractivity contribution in [3.8, 4) is 0 Å². The van der Waals surface area contributed by atoms with Gasteiger partial charge in [0.25, 0.3) is 5.91 Å². The second-order valence-electron chi connectivity index (χ2n) is 6.55. The van der Waals surface area contributed by atoms with E-state index in [2.05, 4.69) is 5.10 Å². The van der Waals surface area contributed by atoms with E-state index in [0.29, 0.717) is 13.2 Å². The monoisotopic (exact) mass is 338 g/mol. The summed E-state index contributed by atoms with van der Waals surface area (Å²) in [6.45, 7) is 1.88. The fourth-order valence-electron chi connectivity index (χ4n) is 3.70. The second-order valence-corrected chi connectivity index (χ2v) is 6.55. The molecule has 1 atom stereocenters. The molecule has 0 N–H and O–H groups in total. The molecule has 1 aromatic carbocycles. The number of fused-ring (bicyclic) bond motifs is 2. The van der Waals surface area contributed by atoms with Gasteiger partial charge in [0.2, 0.25) is 0 Å². The number of aromatic nitrogens is 3. The third kappa shape index (κ3) is 2.72. The number of rotatable bonds is 3. The Morgan fingerprint density at radius 1 is 1.32 bits per heavy atom. The van der Waals surface area contributed by atoms with Gasteiger partial charge >= 0.3 is 0 Å². The molecular weight excluding hydrogens is 316 g/mol. The standard InChI is InChI=1S/C19H22N4O2/c1-21-12-17(16-5-3-4-6-18(16)21)19(24)22-11-14-7-9-20-23(14)10-8-15(22)13-25-2/h3-7,9,12,15H,8,10-11,13H2,1-2H3. The topological polar surface area (TPSA) is 52.3 Å². The molecule has 2 aromatic heterocycles. The maximum absolute atomic E-state index is 13.4. The van der Waals surface area contributed by atoms with Gasteiger partial charge in [0, 0.05) is 44.0 Å². The molecular formula is C19H22N4O2. The summed E-state index contributed by atoms with van der Waals surface area (Å²) >= 11 is 0. The van der Waals surface area contributed by atoms with E-state index in [1.165, 1.54) is 0 Å². The molecule has 0 aliphatic carbocycles. The summed E-state index contributed by atoms with van der Waals surface area (Å²) in [5.74, 6) is 0.0495. The highest BCUT2D eigenvalue weighted by molar-refractivity contribution is 6.07. The zero-order chi connectivity index (χ0) is 17.4. The van der Waals surface area contributed by atoms with Crippen molar-refractivity contribution in [3.63, 3.8) is 0 Å². The SMILES string of the molecule is COCC1CCn2nccc2CN1C(=O)c1cn(C)c2ccccc12. The van der Waals surface area contributed by atoms with E-state index in [4.69, 9.17) is 4.74 Å². The number of methoxy groups -OCH3 is 1. The predicted molar refractivity (Wildman–Crippen MR) is 95.3 cm³/mol. The summed E-state index contributed by atoms with van der Waals surface area (Å²) in [5.41, 5.74) is 2.87. The normalized spacial score (nSPS) is 17.5. The zero-order valence-corrected chi connectivity index (χ0v) is 14.6. The lowest BCUT2D eigenvalue weighted by Crippen LogP contribution is -2.41. The van der Waals surface area contributed by atoms with Gasteiger partial charge in [-0.05, 0) is 18.6 Å². The average Bonchev–Trinajstić information content (AvgIpc) is 3.16. The molecule has 0 saturated heterocycles. The molecule has 25 heavy (non-hydrogen) atoms. The molecule has 1 aliphatic rings. The zero-order valence-electron chi connectivity index (χ0n) is 14.6. The van der Waals surface area contributed by atoms with Crippen LogP contribution in [0.4, 0.5) is 0 Å². The van der Waals surface area contributed by atoms with Gasteiger partial charge in [-0.25, -0.2) is 0 Å². The summed E-state index contributed by atoms with van der Waals surface area (Å²) in [4.78, 5) is 15.4. The highest BCUT2D eigenvalue weighted by Gasteiger charge is 2.30. The van der Waals surface area contributed by atoms with Crippen molar-refractivity contribution < 1.29 is 9.53 Å². The van der Waals surface area contributed by atoms with Crippen molar-refractivity contribution in [2.45, 2.75) is 25.6 Å². The third-order valence-corrected chi connectivity index (χ3v) is 5.00. The number of carbonyl (C=O) groups is 1. The summed E-state index contributed by atoms with van der Waals surface area (Å²) in [6.07, 6.45) is 4.56. The fraction of sp³-hybridized carbons (Fsp3) is 0.368. The molecule has 3 heterocycles. The van der Waals surface area contributed by atoms with Crippen molar-refractivity contribution in [2.75, 3.05) is 13.7 Å². The molecule has 0 radical (unpaired) electrons. The van der Waals surface area contributed by atoms with Crippen molar-refractivity contribution in [3.05, 3.63) is 54.0 Å². The number of nitrogens with zero attached hydrogens (tertiary/aromatic N) is 4. The van der Waals surface area contributed by atoms with Gasteiger partial charge in [0.15, 0.2) is 0 Å². The van der Waals surface area contributed by atoms with E-state index in [9.17, 15) is 4.79 Å². The van der Waals surface area contributed by atoms with Gasteiger partial charge in [0.05, 0.1) is 30.5 Å². The number of benzene rings is 1. The van der Waals surface area contributed by atoms with Crippen LogP contribution < -0.4 is 0 Å². The van der Waals surface area contributed by atoms with Gasteiger partial charge in [-0.1, -0.05) is 18.2 Å². The summed E-state index contributed by atoms with van der Waals surface area (Å²) < 4.78 is 9.39. The average molecular weight is 338 g/mol. The highest BCUT2D eigenvalue weighted by atomic mass is 16.5. The van der Waals surface area contributed by atoms with Gasteiger partial charge in [-0.3, -0.25) is 9.48 Å². The molecule has 0 fully saturated rings. The fourth-order valence-corrected chi connectivity index (χ4v) is 3.70. The Morgan fingerprint density at radius 2 is 2.16 bits per heavy atom. The van der Waals surface area contributed by atoms with Crippen LogP contribution in [0.15, 0.2) is 42.7 Å². The minimum absolute atomic E-state index is 0.0400. The largest absolute Gasteiger partial charge is 0.383 e. The first-order valence-corrected chi connectivity index (χ1v) is 8.53. The Bertz CT molecular complexity index is 911. The van der Waals surface area contributed by atoms with Crippen molar-refractivity contribution >= 4 is 16.8 Å². The predicted octanol–water partition coefficient (Wildman–Crippen LogP) is 2.44. The van der Waals surface area contributed by atoms with Crippen molar-refractivity contribution in [2.24, 2.45) is 7.05 Å². The van der Waals surface area contributed by atoms with Crippen LogP contribution in [0.1, 0.15) is 22.5 Å². The third-order valence-electron chi connectivity index (χ3n) is 5.00. The van der Waals surface area contributed by atoms with Crippen LogP contribution in [0.2, 0.25) is 0 Å². The molecule has 3 aromatic rings. The first-order valence-electron chi connectivity index (χ1n) is 8.53. The van der Waals surface area contributed by atoms with Crippen LogP contribution >= 0.6 is 0 Å². The van der Waals surface area contributed by atoms with E-state index in [-0.39, 0.29) is 11.9 Å². The quantitative estimate of drug-likeness (QED) is 0.737. The molecule has 4 rings (SSSR count). The molecule has 6 heteroatoms. The van der Waals surface area contributed by atoms with Gasteiger partial charge < -0.3 is 14.2 Å². The van der Waals surface area contributed by atoms with Crippen molar-refractivity contribution in [1.82, 2.24) is 19.2 Å². The van der Waals surface area contributed by atoms with E-state index in [1.54, 1.807) is 13.3 Å². The lowest BCUT2D eigenvalue weighted by atomic mass is 10.1. The number of carbonyl (C=O) groups excluding carboxylic acids is 1. The first-order chi connectivity index (χ1) is 12.2. The minimum Gasteiger partial charge on any atom is -0.383 e. The van der Waals surface area contributed by atoms with Crippen LogP contribution in [0, 0.1) is 0 Å². The van der Waals surface area contributed by atoms with Gasteiger partial charge in [-0.2, -0.15) is 5.10 Å². The van der Waals surface area contributed by atoms with Crippen LogP contribution in [-0.2, 0) is 24.9 Å². The lowest BCUT2D eigenvalue weighted by molar-refractivity contribution is 0.0504. The molecule has 1 amide bonds. The maximum Gasteiger partial charge on any atom is 0.256 e. The molecule has 6 nitrogen and oxygen atoms in total. The Labute approximate surface area is 146 Å². The Balaban J connectivity index is 1.75. The highest BCUT2D eigenvalue weighted by Crippen LogP contribution is 2.25. The number of aryl methyl sites for hydroxylation is 2. The van der Waals surface area contributed by atoms with Crippen LogP contribution in [-0.4, -0.2) is 44.9 Å². The van der Waals surface area contributed by atoms with E-state index >= 15 is 0 Å². The number of para-hydroxylation sites is 1. The van der Waals surface area contributed by atoms with Crippen LogP contribution in [0.25, 0.3) is 10.9 Å². The van der Waals surface area contributed by atoms with E-state index < -0.39 is 0 Å². The Hall–Kier alpha value is -2.60. The van der Waals surface area contributed by atoms with Gasteiger partial charge in [-0.15, -0.1) is 0 Å². The number of hydrogen-bond acceptors (Lipinski definition) is 3. The second kappa shape index (κ2) is 6.37. The Kier molecular flexibility index (Phi) is 4.05. The minimum atomic E-state index is 0.0400. The number of amides is 1. The van der Waals surface area contributed by atoms with Crippen LogP contribution in [0.3, 0.4) is 0 Å². The van der Waals surface area contributed by atoms with Crippen LogP contribution in [0.5, 0.6) is 0 Å². The smallest absolute Gasteiger partial charge is 0.256 e. The lowest BCUT2D eigenvalue weighted by Gasteiger charge is -2.29. The van der Waals surface area contributed by atoms with Gasteiger partial charge in [0.1, 0.15) is 0 Å². The Morgan fingerprint density at radius 3 is 3.00 bits per heavy atom. The number of ether oxygens (including phenoxy) is 1. The first kappa shape index (κ1) is 15.9. The molecule has 1 unspecified atom stereocenters. The van der Waals surface area contributed by atoms with E-state index in [0.717, 1.165) is 35.1 Å². The van der Waals surface area contributed by atoms with E-state index in [1.807, 2.05) is 57.7 Å². The summed E-state index contributed by atoms with van der Waals surface area (Å²) in [7, 11) is 3.66. The molecule has 1 aliphatic heterocycles. The maximum atomic E-state index is 13.4. The number of hydrogen-bond donors (Lipinski definition) is 0.